The molecule has 1 atom stereocenters. The number of aryl methyl sites for hydroxylation is 1. The number of benzene rings is 2. The van der Waals surface area contributed by atoms with Gasteiger partial charge in [0, 0.05) is 5.56 Å². The second-order valence-electron chi connectivity index (χ2n) is 11.3. The van der Waals surface area contributed by atoms with Gasteiger partial charge >= 0.3 is 0 Å². The van der Waals surface area contributed by atoms with Crippen molar-refractivity contribution in [2.24, 2.45) is 17.8 Å². The molecule has 0 amide bonds. The van der Waals surface area contributed by atoms with E-state index in [1.165, 1.54) is 75.3 Å². The van der Waals surface area contributed by atoms with Gasteiger partial charge in [0.25, 0.3) is 0 Å². The predicted molar refractivity (Wildman–Crippen MR) is 145 cm³/mol. The Morgan fingerprint density at radius 1 is 0.824 bits per heavy atom. The monoisotopic (exact) mass is 498 g/mol. The first kappa shape index (κ1) is 24.5. The summed E-state index contributed by atoms with van der Waals surface area (Å²) >= 11 is 13.3. The molecule has 0 aromatic heterocycles. The summed E-state index contributed by atoms with van der Waals surface area (Å²) in [4.78, 5) is 0. The number of hydrogen-bond acceptors (Lipinski definition) is 1. The summed E-state index contributed by atoms with van der Waals surface area (Å²) in [5.74, 6) is 4.48. The molecule has 2 aromatic carbocycles. The molecule has 2 saturated carbocycles. The Balaban J connectivity index is 1.22. The molecule has 2 aromatic rings. The third-order valence-electron chi connectivity index (χ3n) is 9.10. The van der Waals surface area contributed by atoms with Crippen LogP contribution in [0.5, 0.6) is 5.75 Å². The van der Waals surface area contributed by atoms with Gasteiger partial charge < -0.3 is 4.74 Å². The molecule has 1 heterocycles. The van der Waals surface area contributed by atoms with Crippen molar-refractivity contribution in [3.8, 4) is 16.9 Å². The number of halogens is 2. The minimum atomic E-state index is 0.192. The molecule has 3 aliphatic rings. The number of ether oxygens (including phenoxy) is 1. The molecular formula is C31H40Cl2O. The van der Waals surface area contributed by atoms with E-state index in [-0.39, 0.29) is 6.10 Å². The minimum absolute atomic E-state index is 0.192. The van der Waals surface area contributed by atoms with E-state index in [0.717, 1.165) is 47.5 Å². The molecule has 1 nitrogen and oxygen atoms in total. The van der Waals surface area contributed by atoms with Crippen LogP contribution in [0, 0.1) is 17.8 Å². The average Bonchev–Trinajstić information content (AvgIpc) is 2.87. The summed E-state index contributed by atoms with van der Waals surface area (Å²) in [6.07, 6.45) is 16.5. The van der Waals surface area contributed by atoms with Crippen LogP contribution in [0.1, 0.15) is 102 Å². The molecule has 0 saturated heterocycles. The Bertz CT molecular complexity index is 966. The van der Waals surface area contributed by atoms with E-state index < -0.39 is 0 Å². The van der Waals surface area contributed by atoms with Crippen LogP contribution in [0.4, 0.5) is 0 Å². The molecule has 0 bridgehead atoms. The van der Waals surface area contributed by atoms with E-state index in [0.29, 0.717) is 16.0 Å². The SMILES string of the molecule is CCCC1CCC(C2CCC(c3ccc(-c4cc5c(c(Cl)c4Cl)OC(C)CC5)cc3)CC2)CC1. The number of hydrogen-bond donors (Lipinski definition) is 0. The van der Waals surface area contributed by atoms with Crippen LogP contribution in [0.15, 0.2) is 30.3 Å². The topological polar surface area (TPSA) is 9.23 Å². The standard InChI is InChI=1S/C31H40Cl2O/c1-3-4-21-6-9-22(10-7-21)23-11-13-24(14-12-23)25-15-17-26(18-16-25)28-19-27-8-5-20(2)34-31(27)30(33)29(28)32/h15-24H,3-14H2,1-2H3. The Kier molecular flexibility index (Phi) is 7.81. The van der Waals surface area contributed by atoms with Gasteiger partial charge in [-0.05, 0) is 105 Å². The summed E-state index contributed by atoms with van der Waals surface area (Å²) in [5.41, 5.74) is 4.84. The Morgan fingerprint density at radius 3 is 2.12 bits per heavy atom. The van der Waals surface area contributed by atoms with Crippen LogP contribution in [-0.4, -0.2) is 6.10 Å². The van der Waals surface area contributed by atoms with E-state index >= 15 is 0 Å². The van der Waals surface area contributed by atoms with E-state index in [9.17, 15) is 0 Å². The van der Waals surface area contributed by atoms with E-state index in [2.05, 4.69) is 44.2 Å². The summed E-state index contributed by atoms with van der Waals surface area (Å²) in [6.45, 7) is 4.43. The normalized spacial score (nSPS) is 29.4. The average molecular weight is 500 g/mol. The first-order valence-electron chi connectivity index (χ1n) is 13.8. The maximum absolute atomic E-state index is 6.71. The van der Waals surface area contributed by atoms with Crippen molar-refractivity contribution in [2.75, 3.05) is 0 Å². The molecule has 0 spiro atoms. The molecule has 0 radical (unpaired) electrons. The van der Waals surface area contributed by atoms with Gasteiger partial charge in [-0.25, -0.2) is 0 Å². The van der Waals surface area contributed by atoms with Crippen LogP contribution in [-0.2, 0) is 6.42 Å². The summed E-state index contributed by atoms with van der Waals surface area (Å²) in [6, 6.07) is 11.3. The predicted octanol–water partition coefficient (Wildman–Crippen LogP) is 10.3. The van der Waals surface area contributed by atoms with Gasteiger partial charge in [-0.2, -0.15) is 0 Å². The maximum atomic E-state index is 6.71. The molecule has 2 fully saturated rings. The number of rotatable bonds is 5. The lowest BCUT2D eigenvalue weighted by Crippen LogP contribution is -2.25. The van der Waals surface area contributed by atoms with Crippen molar-refractivity contribution in [1.82, 2.24) is 0 Å². The smallest absolute Gasteiger partial charge is 0.143 e. The lowest BCUT2D eigenvalue weighted by Gasteiger charge is -2.38. The molecule has 1 aliphatic heterocycles. The van der Waals surface area contributed by atoms with Crippen molar-refractivity contribution in [3.05, 3.63) is 51.5 Å². The molecule has 2 aliphatic carbocycles. The van der Waals surface area contributed by atoms with Gasteiger partial charge in [-0.15, -0.1) is 0 Å². The molecule has 3 heteroatoms. The molecule has 1 unspecified atom stereocenters. The molecule has 0 N–H and O–H groups in total. The zero-order valence-corrected chi connectivity index (χ0v) is 22.4. The van der Waals surface area contributed by atoms with Gasteiger partial charge in [0.15, 0.2) is 0 Å². The highest BCUT2D eigenvalue weighted by Gasteiger charge is 2.31. The van der Waals surface area contributed by atoms with E-state index in [4.69, 9.17) is 27.9 Å². The van der Waals surface area contributed by atoms with Gasteiger partial charge in [0.05, 0.1) is 11.1 Å². The fourth-order valence-electron chi connectivity index (χ4n) is 7.02. The lowest BCUT2D eigenvalue weighted by molar-refractivity contribution is 0.156. The van der Waals surface area contributed by atoms with Crippen LogP contribution >= 0.6 is 23.2 Å². The largest absolute Gasteiger partial charge is 0.489 e. The lowest BCUT2D eigenvalue weighted by atomic mass is 9.68. The van der Waals surface area contributed by atoms with Crippen molar-refractivity contribution in [1.29, 1.82) is 0 Å². The van der Waals surface area contributed by atoms with Crippen molar-refractivity contribution in [3.63, 3.8) is 0 Å². The second-order valence-corrected chi connectivity index (χ2v) is 12.1. The first-order chi connectivity index (χ1) is 16.5. The fourth-order valence-corrected chi connectivity index (χ4v) is 7.54. The van der Waals surface area contributed by atoms with Crippen molar-refractivity contribution < 1.29 is 4.74 Å². The fraction of sp³-hybridized carbons (Fsp3) is 0.613. The van der Waals surface area contributed by atoms with E-state index in [1.807, 2.05) is 0 Å². The number of fused-ring (bicyclic) bond motifs is 1. The van der Waals surface area contributed by atoms with Crippen molar-refractivity contribution >= 4 is 23.2 Å². The third kappa shape index (κ3) is 5.17. The molecular weight excluding hydrogens is 459 g/mol. The minimum Gasteiger partial charge on any atom is -0.489 e. The van der Waals surface area contributed by atoms with Crippen LogP contribution < -0.4 is 4.74 Å². The maximum Gasteiger partial charge on any atom is 0.143 e. The Hall–Kier alpha value is -1.18. The van der Waals surface area contributed by atoms with Crippen molar-refractivity contribution in [2.45, 2.75) is 103 Å². The van der Waals surface area contributed by atoms with E-state index in [1.54, 1.807) is 0 Å². The molecule has 34 heavy (non-hydrogen) atoms. The van der Waals surface area contributed by atoms with Crippen LogP contribution in [0.3, 0.4) is 0 Å². The van der Waals surface area contributed by atoms with Gasteiger partial charge in [-0.1, -0.05) is 80.1 Å². The summed E-state index contributed by atoms with van der Waals surface area (Å²) in [7, 11) is 0. The highest BCUT2D eigenvalue weighted by Crippen LogP contribution is 2.47. The molecule has 184 valence electrons. The van der Waals surface area contributed by atoms with Crippen LogP contribution in [0.2, 0.25) is 10.0 Å². The van der Waals surface area contributed by atoms with Gasteiger partial charge in [0.2, 0.25) is 0 Å². The highest BCUT2D eigenvalue weighted by molar-refractivity contribution is 6.44. The molecule has 5 rings (SSSR count). The zero-order chi connectivity index (χ0) is 23.7. The second kappa shape index (κ2) is 10.8. The Labute approximate surface area is 216 Å². The van der Waals surface area contributed by atoms with Gasteiger partial charge in [0.1, 0.15) is 10.8 Å². The van der Waals surface area contributed by atoms with Gasteiger partial charge in [-0.3, -0.25) is 0 Å². The summed E-state index contributed by atoms with van der Waals surface area (Å²) in [5, 5.41) is 1.17. The first-order valence-corrected chi connectivity index (χ1v) is 14.6. The third-order valence-corrected chi connectivity index (χ3v) is 9.95. The summed E-state index contributed by atoms with van der Waals surface area (Å²) < 4.78 is 5.98. The zero-order valence-electron chi connectivity index (χ0n) is 20.9. The van der Waals surface area contributed by atoms with Crippen LogP contribution in [0.25, 0.3) is 11.1 Å². The quantitative estimate of drug-likeness (QED) is 0.398. The highest BCUT2D eigenvalue weighted by atomic mass is 35.5. The Morgan fingerprint density at radius 2 is 1.47 bits per heavy atom.